The molecule has 0 amide bonds. The van der Waals surface area contributed by atoms with E-state index >= 15 is 0 Å². The molecule has 1 N–H and O–H groups in total. The summed E-state index contributed by atoms with van der Waals surface area (Å²) in [5.41, 5.74) is 2.29. The minimum absolute atomic E-state index is 0.153. The zero-order chi connectivity index (χ0) is 16.0. The van der Waals surface area contributed by atoms with Crippen molar-refractivity contribution in [3.63, 3.8) is 0 Å². The average molecular weight is 315 g/mol. The third-order valence-electron chi connectivity index (χ3n) is 3.89. The molecule has 0 saturated carbocycles. The van der Waals surface area contributed by atoms with Gasteiger partial charge in [-0.1, -0.05) is 12.1 Å². The number of benzene rings is 2. The normalized spacial score (nSPS) is 13.0. The fraction of sp³-hybridized carbons (Fsp3) is 0.118. The molecule has 23 heavy (non-hydrogen) atoms. The van der Waals surface area contributed by atoms with Gasteiger partial charge in [-0.3, -0.25) is 0 Å². The third-order valence-corrected chi connectivity index (χ3v) is 3.89. The number of nitrogens with zero attached hydrogens (tertiary/aromatic N) is 2. The van der Waals surface area contributed by atoms with Crippen molar-refractivity contribution in [3.8, 4) is 16.9 Å². The highest BCUT2D eigenvalue weighted by Gasteiger charge is 2.25. The Kier molecular flexibility index (Phi) is 3.11. The molecule has 6 heteroatoms. The van der Waals surface area contributed by atoms with Gasteiger partial charge in [-0.15, -0.1) is 0 Å². The molecule has 2 heterocycles. The molecule has 116 valence electrons. The van der Waals surface area contributed by atoms with Crippen molar-refractivity contribution in [2.45, 2.75) is 6.42 Å². The van der Waals surface area contributed by atoms with Crippen LogP contribution < -0.4 is 5.32 Å². The molecule has 1 aliphatic rings. The fourth-order valence-corrected chi connectivity index (χ4v) is 2.87. The predicted molar refractivity (Wildman–Crippen MR) is 81.1 cm³/mol. The highest BCUT2D eigenvalue weighted by Crippen LogP contribution is 2.35. The summed E-state index contributed by atoms with van der Waals surface area (Å²) in [6.45, 7) is 0.693. The Morgan fingerprint density at radius 1 is 1.00 bits per heavy atom. The Balaban J connectivity index is 1.91. The van der Waals surface area contributed by atoms with Crippen LogP contribution in [0.25, 0.3) is 16.9 Å². The largest absolute Gasteiger partial charge is 0.369 e. The van der Waals surface area contributed by atoms with Gasteiger partial charge in [-0.2, -0.15) is 5.10 Å². The van der Waals surface area contributed by atoms with Gasteiger partial charge in [0.15, 0.2) is 5.82 Å². The first-order valence-electron chi connectivity index (χ1n) is 7.20. The topological polar surface area (TPSA) is 29.9 Å². The van der Waals surface area contributed by atoms with Crippen LogP contribution in [0.15, 0.2) is 42.5 Å². The zero-order valence-electron chi connectivity index (χ0n) is 12.0. The Labute approximate surface area is 130 Å². The maximum Gasteiger partial charge on any atom is 0.151 e. The van der Waals surface area contributed by atoms with Crippen LogP contribution in [0, 0.1) is 17.5 Å². The van der Waals surface area contributed by atoms with Crippen LogP contribution in [0.4, 0.5) is 19.0 Å². The van der Waals surface area contributed by atoms with E-state index < -0.39 is 11.6 Å². The van der Waals surface area contributed by atoms with Gasteiger partial charge in [0.2, 0.25) is 0 Å². The molecule has 0 bridgehead atoms. The minimum atomic E-state index is -0.699. The van der Waals surface area contributed by atoms with Crippen LogP contribution in [0.3, 0.4) is 0 Å². The summed E-state index contributed by atoms with van der Waals surface area (Å²) in [5.74, 6) is -1.04. The molecule has 0 spiro atoms. The van der Waals surface area contributed by atoms with Gasteiger partial charge in [-0.25, -0.2) is 17.9 Å². The first kappa shape index (κ1) is 13.9. The van der Waals surface area contributed by atoms with E-state index in [1.165, 1.54) is 28.9 Å². The Hall–Kier alpha value is -2.76. The van der Waals surface area contributed by atoms with E-state index in [0.29, 0.717) is 30.0 Å². The highest BCUT2D eigenvalue weighted by atomic mass is 19.1. The molecule has 3 aromatic rings. The van der Waals surface area contributed by atoms with Crippen molar-refractivity contribution in [1.82, 2.24) is 9.78 Å². The van der Waals surface area contributed by atoms with Crippen LogP contribution in [0.1, 0.15) is 5.56 Å². The van der Waals surface area contributed by atoms with E-state index in [2.05, 4.69) is 10.4 Å². The second kappa shape index (κ2) is 5.15. The first-order chi connectivity index (χ1) is 11.1. The summed E-state index contributed by atoms with van der Waals surface area (Å²) in [5, 5.41) is 7.59. The number of hydrogen-bond donors (Lipinski definition) is 1. The molecule has 0 radical (unpaired) electrons. The lowest BCUT2D eigenvalue weighted by Crippen LogP contribution is -2.06. The predicted octanol–water partition coefficient (Wildman–Crippen LogP) is 3.92. The van der Waals surface area contributed by atoms with E-state index in [1.54, 1.807) is 12.1 Å². The zero-order valence-corrected chi connectivity index (χ0v) is 12.0. The molecule has 0 atom stereocenters. The average Bonchev–Trinajstić information content (AvgIpc) is 3.10. The third kappa shape index (κ3) is 2.27. The van der Waals surface area contributed by atoms with Crippen LogP contribution in [-0.4, -0.2) is 16.3 Å². The van der Waals surface area contributed by atoms with Gasteiger partial charge >= 0.3 is 0 Å². The van der Waals surface area contributed by atoms with E-state index in [4.69, 9.17) is 0 Å². The molecule has 2 aromatic carbocycles. The lowest BCUT2D eigenvalue weighted by molar-refractivity contribution is 0.574. The van der Waals surface area contributed by atoms with Gasteiger partial charge in [0, 0.05) is 23.7 Å². The van der Waals surface area contributed by atoms with Gasteiger partial charge in [0.05, 0.1) is 5.69 Å². The molecular weight excluding hydrogens is 303 g/mol. The molecule has 1 aliphatic heterocycles. The first-order valence-corrected chi connectivity index (χ1v) is 7.20. The SMILES string of the molecule is Fc1cccc(-c2nn(-c3ccc(F)cc3F)c3c2CCN3)c1. The number of anilines is 1. The molecule has 0 unspecified atom stereocenters. The lowest BCUT2D eigenvalue weighted by Gasteiger charge is -2.07. The summed E-state index contributed by atoms with van der Waals surface area (Å²) in [7, 11) is 0. The van der Waals surface area contributed by atoms with Gasteiger partial charge in [0.1, 0.15) is 23.1 Å². The maximum absolute atomic E-state index is 14.1. The molecule has 1 aromatic heterocycles. The highest BCUT2D eigenvalue weighted by molar-refractivity contribution is 5.72. The Bertz CT molecular complexity index is 902. The summed E-state index contributed by atoms with van der Waals surface area (Å²) in [6, 6.07) is 9.47. The summed E-state index contributed by atoms with van der Waals surface area (Å²) >= 11 is 0. The van der Waals surface area contributed by atoms with Crippen molar-refractivity contribution in [2.24, 2.45) is 0 Å². The molecule has 4 rings (SSSR count). The van der Waals surface area contributed by atoms with Crippen molar-refractivity contribution >= 4 is 5.82 Å². The van der Waals surface area contributed by atoms with Gasteiger partial charge in [-0.05, 0) is 30.7 Å². The van der Waals surface area contributed by atoms with E-state index in [9.17, 15) is 13.2 Å². The molecule has 0 aliphatic carbocycles. The standard InChI is InChI=1S/C17H12F3N3/c18-11-3-1-2-10(8-11)16-13-6-7-21-17(13)23(22-16)15-5-4-12(19)9-14(15)20/h1-5,8-9,21H,6-7H2. The second-order valence-corrected chi connectivity index (χ2v) is 5.37. The van der Waals surface area contributed by atoms with Crippen LogP contribution in [0.2, 0.25) is 0 Å². The van der Waals surface area contributed by atoms with Crippen molar-refractivity contribution in [1.29, 1.82) is 0 Å². The molecular formula is C17H12F3N3. The fourth-order valence-electron chi connectivity index (χ4n) is 2.87. The molecule has 0 fully saturated rings. The number of hydrogen-bond acceptors (Lipinski definition) is 2. The van der Waals surface area contributed by atoms with Crippen LogP contribution in [-0.2, 0) is 6.42 Å². The monoisotopic (exact) mass is 315 g/mol. The van der Waals surface area contributed by atoms with E-state index in [0.717, 1.165) is 11.6 Å². The van der Waals surface area contributed by atoms with E-state index in [-0.39, 0.29) is 11.5 Å². The minimum Gasteiger partial charge on any atom is -0.369 e. The lowest BCUT2D eigenvalue weighted by atomic mass is 10.1. The quantitative estimate of drug-likeness (QED) is 0.777. The summed E-state index contributed by atoms with van der Waals surface area (Å²) in [6.07, 6.45) is 0.712. The number of rotatable bonds is 2. The van der Waals surface area contributed by atoms with Crippen LogP contribution in [0.5, 0.6) is 0 Å². The molecule has 3 nitrogen and oxygen atoms in total. The van der Waals surface area contributed by atoms with E-state index in [1.807, 2.05) is 0 Å². The number of nitrogens with one attached hydrogen (secondary N) is 1. The summed E-state index contributed by atoms with van der Waals surface area (Å²) in [4.78, 5) is 0. The summed E-state index contributed by atoms with van der Waals surface area (Å²) < 4.78 is 42.1. The van der Waals surface area contributed by atoms with Crippen molar-refractivity contribution in [3.05, 3.63) is 65.5 Å². The Morgan fingerprint density at radius 3 is 2.61 bits per heavy atom. The Morgan fingerprint density at radius 2 is 1.83 bits per heavy atom. The van der Waals surface area contributed by atoms with Gasteiger partial charge in [0.25, 0.3) is 0 Å². The van der Waals surface area contributed by atoms with Gasteiger partial charge < -0.3 is 5.32 Å². The van der Waals surface area contributed by atoms with Crippen molar-refractivity contribution in [2.75, 3.05) is 11.9 Å². The number of halogens is 3. The van der Waals surface area contributed by atoms with Crippen LogP contribution >= 0.6 is 0 Å². The number of fused-ring (bicyclic) bond motifs is 1. The smallest absolute Gasteiger partial charge is 0.151 e. The number of aromatic nitrogens is 2. The maximum atomic E-state index is 14.1. The molecule has 0 saturated heterocycles. The second-order valence-electron chi connectivity index (χ2n) is 5.37. The van der Waals surface area contributed by atoms with Crippen molar-refractivity contribution < 1.29 is 13.2 Å².